The minimum Gasteiger partial charge on any atom is -0.497 e. The Balaban J connectivity index is 1.62. The number of benzene rings is 1. The molecule has 4 rings (SSSR count). The van der Waals surface area contributed by atoms with E-state index in [4.69, 9.17) is 9.15 Å². The summed E-state index contributed by atoms with van der Waals surface area (Å²) in [4.78, 5) is 0.249. The average molecular weight is 377 g/mol. The topological polar surface area (TPSA) is 80.0 Å². The summed E-state index contributed by atoms with van der Waals surface area (Å²) in [5.74, 6) is 1.13. The number of sulfonamides is 1. The maximum Gasteiger partial charge on any atom is 0.243 e. The van der Waals surface area contributed by atoms with Crippen molar-refractivity contribution >= 4 is 10.0 Å². The second-order valence-electron chi connectivity index (χ2n) is 7.16. The van der Waals surface area contributed by atoms with E-state index >= 15 is 0 Å². The van der Waals surface area contributed by atoms with Gasteiger partial charge < -0.3 is 14.3 Å². The quantitative estimate of drug-likeness (QED) is 0.886. The molecule has 2 fully saturated rings. The molecular formula is C19H23NO5S. The van der Waals surface area contributed by atoms with E-state index in [1.807, 2.05) is 0 Å². The molecule has 0 unspecified atom stereocenters. The molecule has 140 valence electrons. The predicted octanol–water partition coefficient (Wildman–Crippen LogP) is 2.60. The second kappa shape index (κ2) is 6.40. The van der Waals surface area contributed by atoms with Gasteiger partial charge in [-0.15, -0.1) is 0 Å². The van der Waals surface area contributed by atoms with Crippen molar-refractivity contribution in [2.24, 2.45) is 11.8 Å². The number of hydrogen-bond donors (Lipinski definition) is 1. The van der Waals surface area contributed by atoms with Crippen molar-refractivity contribution in [3.63, 3.8) is 0 Å². The standard InChI is InChI=1S/C19H23NO5S/c1-24-15-6-8-16(9-7-15)26(22,23)20-12-14-4-2-10-19(21,17(14)13-20)18-5-3-11-25-18/h3,5-9,11,14,17,21H,2,4,10,12-13H2,1H3/t14-,17-,19-/m0/s1. The summed E-state index contributed by atoms with van der Waals surface area (Å²) >= 11 is 0. The molecule has 7 heteroatoms. The third-order valence-electron chi connectivity index (χ3n) is 5.80. The van der Waals surface area contributed by atoms with Crippen LogP contribution in [-0.2, 0) is 15.6 Å². The summed E-state index contributed by atoms with van der Waals surface area (Å²) in [5.41, 5.74) is -1.10. The van der Waals surface area contributed by atoms with E-state index in [1.54, 1.807) is 49.8 Å². The highest BCUT2D eigenvalue weighted by Crippen LogP contribution is 2.49. The molecule has 6 nitrogen and oxygen atoms in total. The third-order valence-corrected chi connectivity index (χ3v) is 7.64. The van der Waals surface area contributed by atoms with Crippen LogP contribution in [0.4, 0.5) is 0 Å². The number of hydrogen-bond acceptors (Lipinski definition) is 5. The SMILES string of the molecule is COc1ccc(S(=O)(=O)N2C[C@@H]3CCC[C@@](O)(c4ccco4)[C@H]3C2)cc1. The molecule has 1 aliphatic heterocycles. The molecule has 1 saturated heterocycles. The van der Waals surface area contributed by atoms with Gasteiger partial charge in [0, 0.05) is 19.0 Å². The van der Waals surface area contributed by atoms with Gasteiger partial charge in [0.15, 0.2) is 0 Å². The highest BCUT2D eigenvalue weighted by Gasteiger charge is 2.53. The molecule has 1 saturated carbocycles. The van der Waals surface area contributed by atoms with Crippen molar-refractivity contribution in [1.29, 1.82) is 0 Å². The Hall–Kier alpha value is -1.83. The molecule has 0 bridgehead atoms. The van der Waals surface area contributed by atoms with Crippen LogP contribution in [0.25, 0.3) is 0 Å². The Kier molecular flexibility index (Phi) is 4.33. The molecule has 1 aromatic heterocycles. The molecule has 2 aromatic rings. The fourth-order valence-corrected chi connectivity index (χ4v) is 5.93. The molecule has 1 N–H and O–H groups in total. The molecular weight excluding hydrogens is 354 g/mol. The third kappa shape index (κ3) is 2.74. The molecule has 26 heavy (non-hydrogen) atoms. The van der Waals surface area contributed by atoms with Crippen LogP contribution in [0.5, 0.6) is 5.75 Å². The largest absolute Gasteiger partial charge is 0.497 e. The summed E-state index contributed by atoms with van der Waals surface area (Å²) in [5, 5.41) is 11.3. The average Bonchev–Trinajstić information content (AvgIpc) is 3.33. The summed E-state index contributed by atoms with van der Waals surface area (Å²) < 4.78 is 38.2. The van der Waals surface area contributed by atoms with Gasteiger partial charge in [-0.25, -0.2) is 8.42 Å². The number of rotatable bonds is 4. The lowest BCUT2D eigenvalue weighted by molar-refractivity contribution is -0.0795. The first kappa shape index (κ1) is 17.6. The van der Waals surface area contributed by atoms with Crippen molar-refractivity contribution in [2.45, 2.75) is 29.8 Å². The van der Waals surface area contributed by atoms with Gasteiger partial charge in [0.1, 0.15) is 17.1 Å². The Morgan fingerprint density at radius 2 is 2.00 bits per heavy atom. The van der Waals surface area contributed by atoms with Crippen molar-refractivity contribution < 1.29 is 22.7 Å². The zero-order chi connectivity index (χ0) is 18.4. The van der Waals surface area contributed by atoms with Crippen LogP contribution in [0, 0.1) is 11.8 Å². The molecule has 2 heterocycles. The summed E-state index contributed by atoms with van der Waals surface area (Å²) in [6.45, 7) is 0.734. The van der Waals surface area contributed by atoms with Crippen LogP contribution in [0.2, 0.25) is 0 Å². The van der Waals surface area contributed by atoms with Gasteiger partial charge in [-0.2, -0.15) is 4.31 Å². The highest BCUT2D eigenvalue weighted by molar-refractivity contribution is 7.89. The Labute approximate surface area is 153 Å². The predicted molar refractivity (Wildman–Crippen MR) is 95.2 cm³/mol. The van der Waals surface area contributed by atoms with Gasteiger partial charge in [0.05, 0.1) is 18.3 Å². The van der Waals surface area contributed by atoms with Crippen molar-refractivity contribution in [2.75, 3.05) is 20.2 Å². The van der Waals surface area contributed by atoms with Crippen molar-refractivity contribution in [1.82, 2.24) is 4.31 Å². The number of methoxy groups -OCH3 is 1. The van der Waals surface area contributed by atoms with Crippen LogP contribution < -0.4 is 4.74 Å². The van der Waals surface area contributed by atoms with Crippen LogP contribution in [-0.4, -0.2) is 38.0 Å². The van der Waals surface area contributed by atoms with Crippen molar-refractivity contribution in [3.8, 4) is 5.75 Å². The summed E-state index contributed by atoms with van der Waals surface area (Å²) in [6.07, 6.45) is 3.92. The van der Waals surface area contributed by atoms with Gasteiger partial charge in [0.2, 0.25) is 10.0 Å². The van der Waals surface area contributed by atoms with E-state index in [9.17, 15) is 13.5 Å². The maximum absolute atomic E-state index is 13.1. The number of fused-ring (bicyclic) bond motifs is 1. The van der Waals surface area contributed by atoms with Crippen molar-refractivity contribution in [3.05, 3.63) is 48.4 Å². The highest BCUT2D eigenvalue weighted by atomic mass is 32.2. The minimum atomic E-state index is -3.60. The van der Waals surface area contributed by atoms with Gasteiger partial charge in [-0.1, -0.05) is 0 Å². The van der Waals surface area contributed by atoms with E-state index in [0.29, 0.717) is 31.0 Å². The number of ether oxygens (including phenoxy) is 1. The van der Waals surface area contributed by atoms with Gasteiger partial charge in [-0.05, 0) is 61.6 Å². The Morgan fingerprint density at radius 1 is 1.23 bits per heavy atom. The first-order chi connectivity index (χ1) is 12.4. The van der Waals surface area contributed by atoms with Gasteiger partial charge in [0.25, 0.3) is 0 Å². The lowest BCUT2D eigenvalue weighted by Gasteiger charge is -2.39. The second-order valence-corrected chi connectivity index (χ2v) is 9.10. The molecule has 1 aromatic carbocycles. The number of furan rings is 1. The van der Waals surface area contributed by atoms with E-state index in [1.165, 1.54) is 4.31 Å². The van der Waals surface area contributed by atoms with Crippen LogP contribution >= 0.6 is 0 Å². The van der Waals surface area contributed by atoms with Crippen LogP contribution in [0.15, 0.2) is 52.0 Å². The molecule has 0 amide bonds. The first-order valence-electron chi connectivity index (χ1n) is 8.86. The van der Waals surface area contributed by atoms with Crippen LogP contribution in [0.3, 0.4) is 0 Å². The normalized spacial score (nSPS) is 29.5. The Bertz CT molecular complexity index is 862. The molecule has 2 aliphatic rings. The van der Waals surface area contributed by atoms with E-state index in [2.05, 4.69) is 0 Å². The molecule has 0 spiro atoms. The van der Waals surface area contributed by atoms with E-state index < -0.39 is 15.6 Å². The Morgan fingerprint density at radius 3 is 2.65 bits per heavy atom. The van der Waals surface area contributed by atoms with Gasteiger partial charge >= 0.3 is 0 Å². The first-order valence-corrected chi connectivity index (χ1v) is 10.3. The molecule has 0 radical (unpaired) electrons. The van der Waals surface area contributed by atoms with E-state index in [0.717, 1.165) is 12.8 Å². The molecule has 1 aliphatic carbocycles. The van der Waals surface area contributed by atoms with Gasteiger partial charge in [-0.3, -0.25) is 0 Å². The maximum atomic E-state index is 13.1. The minimum absolute atomic E-state index is 0.131. The smallest absolute Gasteiger partial charge is 0.243 e. The number of aliphatic hydroxyl groups is 1. The molecule has 3 atom stereocenters. The van der Waals surface area contributed by atoms with E-state index in [-0.39, 0.29) is 16.7 Å². The number of nitrogens with zero attached hydrogens (tertiary/aromatic N) is 1. The monoisotopic (exact) mass is 377 g/mol. The summed E-state index contributed by atoms with van der Waals surface area (Å²) in [7, 11) is -2.06. The summed E-state index contributed by atoms with van der Waals surface area (Å²) in [6, 6.07) is 9.97. The lowest BCUT2D eigenvalue weighted by atomic mass is 9.69. The zero-order valence-corrected chi connectivity index (χ0v) is 15.5. The van der Waals surface area contributed by atoms with Crippen LogP contribution in [0.1, 0.15) is 25.0 Å². The zero-order valence-electron chi connectivity index (χ0n) is 14.7. The fourth-order valence-electron chi connectivity index (χ4n) is 4.41. The lowest BCUT2D eigenvalue weighted by Crippen LogP contribution is -2.42. The fraction of sp³-hybridized carbons (Fsp3) is 0.474.